The maximum absolute atomic E-state index is 2.57. The molecule has 1 heteroatoms. The molecule has 5 aromatic carbocycles. The van der Waals surface area contributed by atoms with Crippen LogP contribution in [0.4, 0.5) is 11.4 Å². The zero-order valence-corrected chi connectivity index (χ0v) is 27.8. The van der Waals surface area contributed by atoms with Gasteiger partial charge in [-0.3, -0.25) is 0 Å². The average molecular weight is 608 g/mol. The Bertz CT molecular complexity index is 2220. The van der Waals surface area contributed by atoms with Crippen LogP contribution in [0.1, 0.15) is 62.8 Å². The Labute approximate surface area is 279 Å². The largest absolute Gasteiger partial charge is 0.314 e. The van der Waals surface area contributed by atoms with Crippen LogP contribution in [0, 0.1) is 11.8 Å². The van der Waals surface area contributed by atoms with Crippen molar-refractivity contribution in [3.8, 4) is 22.3 Å². The fourth-order valence-corrected chi connectivity index (χ4v) is 9.33. The van der Waals surface area contributed by atoms with Crippen LogP contribution in [0.3, 0.4) is 0 Å². The lowest BCUT2D eigenvalue weighted by molar-refractivity contribution is 0.490. The van der Waals surface area contributed by atoms with Gasteiger partial charge >= 0.3 is 0 Å². The van der Waals surface area contributed by atoms with Crippen LogP contribution in [-0.2, 0) is 10.8 Å². The molecular weight excluding hydrogens is 567 g/mol. The Balaban J connectivity index is 1.26. The summed E-state index contributed by atoms with van der Waals surface area (Å²) in [4.78, 5) is 2.57. The van der Waals surface area contributed by atoms with E-state index < -0.39 is 0 Å². The summed E-state index contributed by atoms with van der Waals surface area (Å²) in [5.74, 6) is 0.630. The first-order valence-electron chi connectivity index (χ1n) is 17.4. The van der Waals surface area contributed by atoms with Gasteiger partial charge < -0.3 is 4.90 Å². The second-order valence-corrected chi connectivity index (χ2v) is 14.3. The molecule has 0 fully saturated rings. The van der Waals surface area contributed by atoms with E-state index in [9.17, 15) is 0 Å². The molecule has 0 N–H and O–H groups in total. The van der Waals surface area contributed by atoms with Gasteiger partial charge in [-0.15, -0.1) is 0 Å². The quantitative estimate of drug-likeness (QED) is 0.192. The Morgan fingerprint density at radius 1 is 0.553 bits per heavy atom. The van der Waals surface area contributed by atoms with Gasteiger partial charge in [-0.2, -0.15) is 0 Å². The van der Waals surface area contributed by atoms with E-state index >= 15 is 0 Å². The summed E-state index contributed by atoms with van der Waals surface area (Å²) in [5, 5.41) is 2.61. The average Bonchev–Trinajstić information content (AvgIpc) is 3.52. The predicted molar refractivity (Wildman–Crippen MR) is 199 cm³/mol. The van der Waals surface area contributed by atoms with Gasteiger partial charge in [-0.1, -0.05) is 125 Å². The smallest absolute Gasteiger partial charge is 0.0465 e. The molecule has 0 aliphatic heterocycles. The lowest BCUT2D eigenvalue weighted by Crippen LogP contribution is -2.28. The molecule has 0 radical (unpaired) electrons. The van der Waals surface area contributed by atoms with Crippen LogP contribution in [0.5, 0.6) is 0 Å². The molecule has 2 unspecified atom stereocenters. The Kier molecular flexibility index (Phi) is 6.22. The fraction of sp³-hybridized carbons (Fsp3) is 0.217. The van der Waals surface area contributed by atoms with Crippen molar-refractivity contribution >= 4 is 22.1 Å². The fourth-order valence-electron chi connectivity index (χ4n) is 9.33. The number of benzene rings is 5. The predicted octanol–water partition coefficient (Wildman–Crippen LogP) is 12.2. The van der Waals surface area contributed by atoms with E-state index in [0.717, 1.165) is 12.8 Å². The van der Waals surface area contributed by atoms with Crippen molar-refractivity contribution in [1.29, 1.82) is 0 Å². The number of hydrogen-bond acceptors (Lipinski definition) is 1. The monoisotopic (exact) mass is 607 g/mol. The molecule has 0 amide bonds. The van der Waals surface area contributed by atoms with E-state index in [1.165, 1.54) is 72.4 Å². The summed E-state index contributed by atoms with van der Waals surface area (Å²) in [5.41, 5.74) is 15.0. The first kappa shape index (κ1) is 28.4. The molecule has 230 valence electrons. The van der Waals surface area contributed by atoms with Crippen molar-refractivity contribution in [3.63, 3.8) is 0 Å². The van der Waals surface area contributed by atoms with Crippen LogP contribution < -0.4 is 4.90 Å². The van der Waals surface area contributed by atoms with Crippen LogP contribution in [-0.4, -0.2) is 0 Å². The molecule has 4 aliphatic rings. The van der Waals surface area contributed by atoms with E-state index in [4.69, 9.17) is 0 Å². The normalized spacial score (nSPS) is 20.3. The molecule has 47 heavy (non-hydrogen) atoms. The summed E-state index contributed by atoms with van der Waals surface area (Å²) < 4.78 is 0. The molecule has 2 atom stereocenters. The van der Waals surface area contributed by atoms with Crippen molar-refractivity contribution in [2.24, 2.45) is 11.8 Å². The first-order valence-corrected chi connectivity index (χ1v) is 17.4. The minimum atomic E-state index is -0.0614. The third-order valence-electron chi connectivity index (χ3n) is 11.9. The van der Waals surface area contributed by atoms with Gasteiger partial charge in [0.15, 0.2) is 0 Å². The number of nitrogens with zero attached hydrogens (tertiary/aromatic N) is 1. The Morgan fingerprint density at radius 3 is 2.04 bits per heavy atom. The van der Waals surface area contributed by atoms with Crippen LogP contribution in [0.15, 0.2) is 145 Å². The lowest BCUT2D eigenvalue weighted by Gasteiger charge is -2.37. The minimum absolute atomic E-state index is 0.0203. The van der Waals surface area contributed by atoms with Gasteiger partial charge in [-0.05, 0) is 111 Å². The van der Waals surface area contributed by atoms with E-state index in [1.54, 1.807) is 0 Å². The standard InChI is InChI=1S/C46H41N/c1-5-46(6-2)41-20-12-11-19-36(41)37-24-22-34(29-43(37)46)47(44-21-13-17-30-14-9-10-18-35(30)44)33-23-25-40-39(28-33)38-26-31-15-7-8-16-32(31)27-42(38)45(40,3)4/h7-30,35H,5-6H2,1-4H3. The molecular formula is C46H41N. The summed E-state index contributed by atoms with van der Waals surface area (Å²) >= 11 is 0. The van der Waals surface area contributed by atoms with E-state index in [1.807, 2.05) is 0 Å². The van der Waals surface area contributed by atoms with Gasteiger partial charge in [0.05, 0.1) is 0 Å². The zero-order chi connectivity index (χ0) is 31.9. The van der Waals surface area contributed by atoms with Gasteiger partial charge in [0, 0.05) is 39.7 Å². The molecule has 0 saturated carbocycles. The molecule has 1 nitrogen and oxygen atoms in total. The molecule has 0 aromatic heterocycles. The number of rotatable bonds is 5. The molecule has 5 aromatic rings. The molecule has 4 aliphatic carbocycles. The highest BCUT2D eigenvalue weighted by Crippen LogP contribution is 2.55. The molecule has 0 heterocycles. The van der Waals surface area contributed by atoms with Crippen LogP contribution in [0.2, 0.25) is 0 Å². The number of fused-ring (bicyclic) bond motifs is 8. The van der Waals surface area contributed by atoms with Gasteiger partial charge in [0.25, 0.3) is 0 Å². The minimum Gasteiger partial charge on any atom is -0.314 e. The number of allylic oxidation sites excluding steroid dienone is 7. The molecule has 0 bridgehead atoms. The van der Waals surface area contributed by atoms with E-state index in [-0.39, 0.29) is 16.7 Å². The van der Waals surface area contributed by atoms with Crippen molar-refractivity contribution in [2.75, 3.05) is 4.90 Å². The summed E-state index contributed by atoms with van der Waals surface area (Å²) in [6.07, 6.45) is 18.3. The highest BCUT2D eigenvalue weighted by Gasteiger charge is 2.41. The molecule has 9 rings (SSSR count). The van der Waals surface area contributed by atoms with Crippen molar-refractivity contribution in [3.05, 3.63) is 168 Å². The van der Waals surface area contributed by atoms with Crippen molar-refractivity contribution in [2.45, 2.75) is 51.4 Å². The second-order valence-electron chi connectivity index (χ2n) is 14.3. The maximum Gasteiger partial charge on any atom is 0.0465 e. The van der Waals surface area contributed by atoms with Crippen molar-refractivity contribution in [1.82, 2.24) is 0 Å². The van der Waals surface area contributed by atoms with Crippen LogP contribution in [0.25, 0.3) is 33.0 Å². The molecule has 0 saturated heterocycles. The summed E-state index contributed by atoms with van der Waals surface area (Å²) in [6.45, 7) is 9.49. The zero-order valence-electron chi connectivity index (χ0n) is 27.8. The highest BCUT2D eigenvalue weighted by atomic mass is 15.2. The number of hydrogen-bond donors (Lipinski definition) is 0. The third-order valence-corrected chi connectivity index (χ3v) is 11.9. The van der Waals surface area contributed by atoms with Crippen molar-refractivity contribution < 1.29 is 0 Å². The lowest BCUT2D eigenvalue weighted by atomic mass is 9.74. The SMILES string of the molecule is CCC1(CC)c2ccccc2-c2ccc(N(C3=CC=CC4C=CC=CC34)c3ccc4c(c3)-c3cc5ccccc5cc3C4(C)C)cc21. The Morgan fingerprint density at radius 2 is 1.21 bits per heavy atom. The topological polar surface area (TPSA) is 3.24 Å². The summed E-state index contributed by atoms with van der Waals surface area (Å²) in [6, 6.07) is 37.3. The first-order chi connectivity index (χ1) is 22.9. The Hall–Kier alpha value is -4.88. The van der Waals surface area contributed by atoms with Crippen LogP contribution >= 0.6 is 0 Å². The number of anilines is 2. The maximum atomic E-state index is 2.57. The summed E-state index contributed by atoms with van der Waals surface area (Å²) in [7, 11) is 0. The van der Waals surface area contributed by atoms with E-state index in [0.29, 0.717) is 5.92 Å². The van der Waals surface area contributed by atoms with Gasteiger partial charge in [-0.25, -0.2) is 0 Å². The molecule has 0 spiro atoms. The van der Waals surface area contributed by atoms with Gasteiger partial charge in [0.1, 0.15) is 0 Å². The highest BCUT2D eigenvalue weighted by molar-refractivity contribution is 5.95. The third kappa shape index (κ3) is 3.96. The second kappa shape index (κ2) is 10.3. The van der Waals surface area contributed by atoms with Gasteiger partial charge in [0.2, 0.25) is 0 Å². The van der Waals surface area contributed by atoms with E-state index in [2.05, 4.69) is 172 Å².